The van der Waals surface area contributed by atoms with Crippen LogP contribution in [0.3, 0.4) is 0 Å². The van der Waals surface area contributed by atoms with E-state index < -0.39 is 22.4 Å². The van der Waals surface area contributed by atoms with E-state index in [0.717, 1.165) is 32.4 Å². The van der Waals surface area contributed by atoms with Crippen molar-refractivity contribution in [3.63, 3.8) is 0 Å². The van der Waals surface area contributed by atoms with E-state index in [2.05, 4.69) is 4.74 Å². The van der Waals surface area contributed by atoms with Crippen LogP contribution in [0.2, 0.25) is 0 Å². The van der Waals surface area contributed by atoms with Crippen LogP contribution in [0.1, 0.15) is 36.5 Å². The van der Waals surface area contributed by atoms with Crippen LogP contribution in [-0.4, -0.2) is 24.6 Å². The topological polar surface area (TPSA) is 78.7 Å². The molecule has 0 heterocycles. The normalized spacial score (nSPS) is 10.2. The second-order valence-electron chi connectivity index (χ2n) is 4.10. The van der Waals surface area contributed by atoms with Crippen LogP contribution in [0, 0.1) is 15.9 Å². The molecule has 6 nitrogen and oxygen atoms in total. The van der Waals surface area contributed by atoms with Crippen molar-refractivity contribution >= 4 is 11.7 Å². The zero-order chi connectivity index (χ0) is 15.1. The highest BCUT2D eigenvalue weighted by Crippen LogP contribution is 2.30. The minimum atomic E-state index is -1.01. The molecule has 0 radical (unpaired) electrons. The quantitative estimate of drug-likeness (QED) is 0.333. The van der Waals surface area contributed by atoms with Gasteiger partial charge in [-0.1, -0.05) is 19.8 Å². The highest BCUT2D eigenvalue weighted by atomic mass is 19.1. The number of rotatable bonds is 7. The van der Waals surface area contributed by atoms with Gasteiger partial charge in [0.05, 0.1) is 30.3 Å². The molecular formula is C13H16FNO5. The number of ether oxygens (including phenoxy) is 2. The Morgan fingerprint density at radius 1 is 1.40 bits per heavy atom. The number of carbonyl (C=O) groups is 1. The number of methoxy groups -OCH3 is 1. The molecule has 0 amide bonds. The summed E-state index contributed by atoms with van der Waals surface area (Å²) in [6.07, 6.45) is 2.61. The van der Waals surface area contributed by atoms with Gasteiger partial charge in [-0.2, -0.15) is 0 Å². The van der Waals surface area contributed by atoms with Gasteiger partial charge in [0.25, 0.3) is 0 Å². The number of esters is 1. The smallest absolute Gasteiger partial charge is 0.340 e. The number of nitro groups is 1. The SMILES string of the molecule is CCCCCOc1cc(C(=O)OC)c(F)cc1[N+](=O)[O-]. The maximum Gasteiger partial charge on any atom is 0.340 e. The molecule has 0 fully saturated rings. The zero-order valence-corrected chi connectivity index (χ0v) is 11.3. The average Bonchev–Trinajstić information content (AvgIpc) is 2.43. The molecule has 0 aromatic heterocycles. The van der Waals surface area contributed by atoms with E-state index in [1.807, 2.05) is 6.92 Å². The monoisotopic (exact) mass is 285 g/mol. The van der Waals surface area contributed by atoms with E-state index in [4.69, 9.17) is 4.74 Å². The number of hydrogen-bond acceptors (Lipinski definition) is 5. The van der Waals surface area contributed by atoms with Gasteiger partial charge in [0.1, 0.15) is 5.82 Å². The molecule has 0 unspecified atom stereocenters. The van der Waals surface area contributed by atoms with Crippen molar-refractivity contribution < 1.29 is 23.6 Å². The molecule has 0 saturated carbocycles. The number of halogens is 1. The van der Waals surface area contributed by atoms with E-state index >= 15 is 0 Å². The maximum atomic E-state index is 13.6. The van der Waals surface area contributed by atoms with Gasteiger partial charge in [0.2, 0.25) is 0 Å². The summed E-state index contributed by atoms with van der Waals surface area (Å²) in [6, 6.07) is 1.67. The van der Waals surface area contributed by atoms with Crippen molar-refractivity contribution in [1.29, 1.82) is 0 Å². The van der Waals surface area contributed by atoms with Crippen LogP contribution in [0.4, 0.5) is 10.1 Å². The summed E-state index contributed by atoms with van der Waals surface area (Å²) < 4.78 is 23.3. The number of nitrogens with zero attached hydrogens (tertiary/aromatic N) is 1. The molecule has 0 spiro atoms. The lowest BCUT2D eigenvalue weighted by Crippen LogP contribution is -2.08. The molecule has 110 valence electrons. The van der Waals surface area contributed by atoms with Crippen LogP contribution >= 0.6 is 0 Å². The van der Waals surface area contributed by atoms with Gasteiger partial charge in [-0.05, 0) is 6.42 Å². The third kappa shape index (κ3) is 3.91. The minimum absolute atomic E-state index is 0.132. The Balaban J connectivity index is 3.04. The van der Waals surface area contributed by atoms with Crippen molar-refractivity contribution in [3.8, 4) is 5.75 Å². The van der Waals surface area contributed by atoms with Crippen LogP contribution in [0.5, 0.6) is 5.75 Å². The summed E-state index contributed by atoms with van der Waals surface area (Å²) in [4.78, 5) is 21.5. The summed E-state index contributed by atoms with van der Waals surface area (Å²) in [5, 5.41) is 10.9. The van der Waals surface area contributed by atoms with Gasteiger partial charge in [-0.3, -0.25) is 10.1 Å². The van der Waals surface area contributed by atoms with Crippen LogP contribution < -0.4 is 4.74 Å². The second kappa shape index (κ2) is 7.42. The van der Waals surface area contributed by atoms with E-state index in [1.165, 1.54) is 0 Å². The van der Waals surface area contributed by atoms with Gasteiger partial charge < -0.3 is 9.47 Å². The first-order valence-corrected chi connectivity index (χ1v) is 6.20. The standard InChI is InChI=1S/C13H16FNO5/c1-3-4-5-6-20-12-7-9(13(16)19-2)10(14)8-11(12)15(17)18/h7-8H,3-6H2,1-2H3. The maximum absolute atomic E-state index is 13.6. The Labute approximate surface area is 115 Å². The largest absolute Gasteiger partial charge is 0.487 e. The molecule has 20 heavy (non-hydrogen) atoms. The number of benzene rings is 1. The summed E-state index contributed by atoms with van der Waals surface area (Å²) in [7, 11) is 1.10. The second-order valence-corrected chi connectivity index (χ2v) is 4.10. The molecule has 0 bridgehead atoms. The van der Waals surface area contributed by atoms with Gasteiger partial charge in [0.15, 0.2) is 5.75 Å². The first-order valence-electron chi connectivity index (χ1n) is 6.20. The molecule has 0 N–H and O–H groups in total. The summed E-state index contributed by atoms with van der Waals surface area (Å²) >= 11 is 0. The van der Waals surface area contributed by atoms with Crippen LogP contribution in [0.15, 0.2) is 12.1 Å². The fraction of sp³-hybridized carbons (Fsp3) is 0.462. The molecule has 0 aliphatic rings. The van der Waals surface area contributed by atoms with Crippen LogP contribution in [-0.2, 0) is 4.74 Å². The van der Waals surface area contributed by atoms with Crippen molar-refractivity contribution in [2.24, 2.45) is 0 Å². The fourth-order valence-corrected chi connectivity index (χ4v) is 1.60. The van der Waals surface area contributed by atoms with Gasteiger partial charge in [-0.25, -0.2) is 9.18 Å². The summed E-state index contributed by atoms with van der Waals surface area (Å²) in [6.45, 7) is 2.27. The van der Waals surface area contributed by atoms with Gasteiger partial charge in [0, 0.05) is 6.07 Å². The minimum Gasteiger partial charge on any atom is -0.487 e. The molecule has 7 heteroatoms. The van der Waals surface area contributed by atoms with Crippen LogP contribution in [0.25, 0.3) is 0 Å². The zero-order valence-electron chi connectivity index (χ0n) is 11.3. The lowest BCUT2D eigenvalue weighted by Gasteiger charge is -2.08. The van der Waals surface area contributed by atoms with E-state index in [-0.39, 0.29) is 17.9 Å². The lowest BCUT2D eigenvalue weighted by molar-refractivity contribution is -0.386. The molecule has 0 atom stereocenters. The lowest BCUT2D eigenvalue weighted by atomic mass is 10.1. The Hall–Kier alpha value is -2.18. The Bertz CT molecular complexity index is 504. The first-order chi connectivity index (χ1) is 9.51. The predicted octanol–water partition coefficient (Wildman–Crippen LogP) is 3.09. The molecule has 1 rings (SSSR count). The third-order valence-electron chi connectivity index (χ3n) is 2.66. The van der Waals surface area contributed by atoms with E-state index in [9.17, 15) is 19.3 Å². The van der Waals surface area contributed by atoms with Gasteiger partial charge >= 0.3 is 11.7 Å². The summed E-state index contributed by atoms with van der Waals surface area (Å²) in [5.41, 5.74) is -0.893. The van der Waals surface area contributed by atoms with Crippen molar-refractivity contribution in [3.05, 3.63) is 33.6 Å². The van der Waals surface area contributed by atoms with E-state index in [0.29, 0.717) is 6.07 Å². The highest BCUT2D eigenvalue weighted by Gasteiger charge is 2.23. The number of nitro benzene ring substituents is 1. The predicted molar refractivity (Wildman–Crippen MR) is 69.4 cm³/mol. The van der Waals surface area contributed by atoms with E-state index in [1.54, 1.807) is 0 Å². The Kier molecular flexibility index (Phi) is 5.89. The number of hydrogen-bond donors (Lipinski definition) is 0. The Morgan fingerprint density at radius 3 is 2.65 bits per heavy atom. The van der Waals surface area contributed by atoms with Crippen molar-refractivity contribution in [2.45, 2.75) is 26.2 Å². The molecule has 1 aromatic carbocycles. The molecule has 0 aliphatic heterocycles. The number of carbonyl (C=O) groups excluding carboxylic acids is 1. The highest BCUT2D eigenvalue weighted by molar-refractivity contribution is 5.90. The van der Waals surface area contributed by atoms with Crippen molar-refractivity contribution in [2.75, 3.05) is 13.7 Å². The fourth-order valence-electron chi connectivity index (χ4n) is 1.60. The van der Waals surface area contributed by atoms with Crippen molar-refractivity contribution in [1.82, 2.24) is 0 Å². The molecule has 1 aromatic rings. The molecule has 0 aliphatic carbocycles. The average molecular weight is 285 g/mol. The Morgan fingerprint density at radius 2 is 2.10 bits per heavy atom. The summed E-state index contributed by atoms with van der Waals surface area (Å²) in [5.74, 6) is -2.05. The van der Waals surface area contributed by atoms with Gasteiger partial charge in [-0.15, -0.1) is 0 Å². The first kappa shape index (κ1) is 15.9. The molecule has 0 saturated heterocycles. The third-order valence-corrected chi connectivity index (χ3v) is 2.66. The number of unbranched alkanes of at least 4 members (excludes halogenated alkanes) is 2. The molecular weight excluding hydrogens is 269 g/mol.